The average Bonchev–Trinajstić information content (AvgIpc) is 3.08. The number of aliphatic imine (C=N–C) groups is 1. The molecule has 1 unspecified atom stereocenters. The highest BCUT2D eigenvalue weighted by atomic mass is 16.5. The summed E-state index contributed by atoms with van der Waals surface area (Å²) in [4.78, 5) is 7.58. The van der Waals surface area contributed by atoms with Gasteiger partial charge >= 0.3 is 0 Å². The molecule has 2 heterocycles. The molecule has 0 radical (unpaired) electrons. The molecule has 0 aliphatic carbocycles. The maximum absolute atomic E-state index is 7.26. The van der Waals surface area contributed by atoms with Gasteiger partial charge in [0.05, 0.1) is 11.6 Å². The van der Waals surface area contributed by atoms with Crippen LogP contribution < -0.4 is 9.64 Å². The molecule has 0 fully saturated rings. The van der Waals surface area contributed by atoms with Gasteiger partial charge in [-0.15, -0.1) is 0 Å². The van der Waals surface area contributed by atoms with E-state index >= 15 is 0 Å². The van der Waals surface area contributed by atoms with Crippen LogP contribution >= 0.6 is 0 Å². The summed E-state index contributed by atoms with van der Waals surface area (Å²) in [5.74, 6) is 0.862. The van der Waals surface area contributed by atoms with Crippen molar-refractivity contribution in [3.8, 4) is 5.75 Å². The summed E-state index contributed by atoms with van der Waals surface area (Å²) in [5.41, 5.74) is 3.54. The summed E-state index contributed by atoms with van der Waals surface area (Å²) in [5, 5.41) is 4.62. The molecule has 5 aromatic rings. The third-order valence-corrected chi connectivity index (χ3v) is 7.83. The van der Waals surface area contributed by atoms with Crippen LogP contribution in [0.5, 0.6) is 5.75 Å². The van der Waals surface area contributed by atoms with E-state index < -0.39 is 5.72 Å². The molecule has 3 heteroatoms. The largest absolute Gasteiger partial charge is 0.459 e. The fourth-order valence-electron chi connectivity index (χ4n) is 5.98. The molecule has 0 saturated heterocycles. The molecule has 0 bridgehead atoms. The van der Waals surface area contributed by atoms with Crippen molar-refractivity contribution in [2.24, 2.45) is 4.99 Å². The molecule has 5 aromatic carbocycles. The van der Waals surface area contributed by atoms with Gasteiger partial charge in [-0.25, -0.2) is 0 Å². The number of hydrogen-bond donors (Lipinski definition) is 0. The molecule has 0 aromatic heterocycles. The van der Waals surface area contributed by atoms with Gasteiger partial charge in [0.15, 0.2) is 5.75 Å². The molecular formula is C32H26N2O. The smallest absolute Gasteiger partial charge is 0.229 e. The van der Waals surface area contributed by atoms with Crippen molar-refractivity contribution in [2.45, 2.75) is 31.5 Å². The molecule has 0 amide bonds. The maximum Gasteiger partial charge on any atom is 0.229 e. The van der Waals surface area contributed by atoms with Gasteiger partial charge in [0.25, 0.3) is 0 Å². The first-order valence-electron chi connectivity index (χ1n) is 12.2. The van der Waals surface area contributed by atoms with E-state index in [0.717, 1.165) is 28.8 Å². The lowest BCUT2D eigenvalue weighted by molar-refractivity contribution is 0.0781. The third-order valence-electron chi connectivity index (χ3n) is 7.83. The lowest BCUT2D eigenvalue weighted by Crippen LogP contribution is -2.62. The van der Waals surface area contributed by atoms with Crippen LogP contribution in [0.2, 0.25) is 0 Å². The summed E-state index contributed by atoms with van der Waals surface area (Å²) in [7, 11) is 0. The Morgan fingerprint density at radius 2 is 1.29 bits per heavy atom. The number of ether oxygens (including phenoxy) is 1. The number of fused-ring (bicyclic) bond motifs is 7. The number of benzene rings is 5. The molecule has 3 nitrogen and oxygen atoms in total. The van der Waals surface area contributed by atoms with Crippen molar-refractivity contribution in [3.63, 3.8) is 0 Å². The fourth-order valence-corrected chi connectivity index (χ4v) is 5.98. The molecule has 2 aliphatic heterocycles. The van der Waals surface area contributed by atoms with E-state index in [2.05, 4.69) is 128 Å². The van der Waals surface area contributed by atoms with Crippen LogP contribution in [-0.2, 0) is 12.0 Å². The normalized spacial score (nSPS) is 19.7. The Bertz CT molecular complexity index is 1640. The predicted molar refractivity (Wildman–Crippen MR) is 145 cm³/mol. The second-order valence-electron chi connectivity index (χ2n) is 10.0. The number of para-hydroxylation sites is 1. The van der Waals surface area contributed by atoms with E-state index in [4.69, 9.17) is 9.73 Å². The second-order valence-corrected chi connectivity index (χ2v) is 10.0. The Labute approximate surface area is 205 Å². The number of anilines is 1. The minimum atomic E-state index is -0.759. The van der Waals surface area contributed by atoms with Crippen molar-refractivity contribution >= 4 is 39.1 Å². The van der Waals surface area contributed by atoms with Gasteiger partial charge in [-0.3, -0.25) is 4.99 Å². The fraction of sp³-hybridized carbons (Fsp3) is 0.156. The first-order valence-corrected chi connectivity index (χ1v) is 12.2. The van der Waals surface area contributed by atoms with Crippen LogP contribution in [0.15, 0.2) is 108 Å². The molecule has 35 heavy (non-hydrogen) atoms. The van der Waals surface area contributed by atoms with Crippen molar-refractivity contribution in [1.29, 1.82) is 0 Å². The van der Waals surface area contributed by atoms with Gasteiger partial charge in [0.1, 0.15) is 5.69 Å². The highest BCUT2D eigenvalue weighted by molar-refractivity contribution is 6.17. The summed E-state index contributed by atoms with van der Waals surface area (Å²) < 4.78 is 7.26. The number of rotatable bonds is 2. The van der Waals surface area contributed by atoms with Gasteiger partial charge in [-0.05, 0) is 41.8 Å². The molecule has 1 spiro atoms. The first kappa shape index (κ1) is 20.3. The molecule has 7 rings (SSSR count). The Morgan fingerprint density at radius 3 is 2.06 bits per heavy atom. The highest BCUT2D eigenvalue weighted by Gasteiger charge is 2.59. The summed E-state index contributed by atoms with van der Waals surface area (Å²) in [6.07, 6.45) is 2.06. The van der Waals surface area contributed by atoms with Gasteiger partial charge < -0.3 is 9.64 Å². The van der Waals surface area contributed by atoms with Gasteiger partial charge in [0.2, 0.25) is 5.72 Å². The van der Waals surface area contributed by atoms with Crippen LogP contribution in [0.3, 0.4) is 0 Å². The monoisotopic (exact) mass is 454 g/mol. The highest BCUT2D eigenvalue weighted by Crippen LogP contribution is 2.56. The Kier molecular flexibility index (Phi) is 4.17. The Morgan fingerprint density at radius 1 is 0.686 bits per heavy atom. The standard InChI is InChI=1S/C32H26N2O/c1-31(2)27-18-10-11-19-28(27)34(20-22-12-4-3-5-13-22)32(31)21-33-29-25-16-8-6-14-23(25)24-15-7-9-17-26(24)30(29)35-32/h3-19,21H,20H2,1-2H3. The molecule has 170 valence electrons. The van der Waals surface area contributed by atoms with Crippen LogP contribution in [0.25, 0.3) is 21.5 Å². The number of nitrogens with zero attached hydrogens (tertiary/aromatic N) is 2. The third kappa shape index (κ3) is 2.69. The topological polar surface area (TPSA) is 24.8 Å². The number of hydrogen-bond acceptors (Lipinski definition) is 3. The molecule has 0 saturated carbocycles. The van der Waals surface area contributed by atoms with Gasteiger partial charge in [-0.1, -0.05) is 97.1 Å². The van der Waals surface area contributed by atoms with Crippen LogP contribution in [0.4, 0.5) is 11.4 Å². The van der Waals surface area contributed by atoms with E-state index in [-0.39, 0.29) is 5.41 Å². The van der Waals surface area contributed by atoms with Crippen molar-refractivity contribution in [3.05, 3.63) is 114 Å². The zero-order valence-corrected chi connectivity index (χ0v) is 19.9. The Hall–Kier alpha value is -4.11. The minimum absolute atomic E-state index is 0.327. The van der Waals surface area contributed by atoms with E-state index in [0.29, 0.717) is 0 Å². The second kappa shape index (κ2) is 7.19. The van der Waals surface area contributed by atoms with E-state index in [1.807, 2.05) is 0 Å². The Balaban J connectivity index is 1.50. The lowest BCUT2D eigenvalue weighted by Gasteiger charge is -2.46. The summed E-state index contributed by atoms with van der Waals surface area (Å²) >= 11 is 0. The zero-order chi connectivity index (χ0) is 23.6. The summed E-state index contributed by atoms with van der Waals surface area (Å²) in [6.45, 7) is 5.28. The van der Waals surface area contributed by atoms with E-state index in [9.17, 15) is 0 Å². The van der Waals surface area contributed by atoms with Gasteiger partial charge in [-0.2, -0.15) is 0 Å². The maximum atomic E-state index is 7.26. The predicted octanol–water partition coefficient (Wildman–Crippen LogP) is 7.78. The van der Waals surface area contributed by atoms with Crippen molar-refractivity contribution < 1.29 is 4.74 Å². The first-order chi connectivity index (χ1) is 17.1. The molecule has 2 aliphatic rings. The minimum Gasteiger partial charge on any atom is -0.459 e. The van der Waals surface area contributed by atoms with Crippen LogP contribution in [0.1, 0.15) is 25.0 Å². The zero-order valence-electron chi connectivity index (χ0n) is 19.9. The van der Waals surface area contributed by atoms with E-state index in [1.54, 1.807) is 0 Å². The SMILES string of the molecule is CC1(C)c2ccccc2N(Cc2ccccc2)C12C=Nc1c(c3ccccc3c3ccccc13)O2. The lowest BCUT2D eigenvalue weighted by atomic mass is 9.77. The molecule has 1 atom stereocenters. The summed E-state index contributed by atoms with van der Waals surface area (Å²) in [6, 6.07) is 36.3. The van der Waals surface area contributed by atoms with Crippen molar-refractivity contribution in [2.75, 3.05) is 4.90 Å². The van der Waals surface area contributed by atoms with Gasteiger partial charge in [0, 0.05) is 23.0 Å². The average molecular weight is 455 g/mol. The van der Waals surface area contributed by atoms with Crippen LogP contribution in [-0.4, -0.2) is 11.9 Å². The quantitative estimate of drug-likeness (QED) is 0.254. The molecular weight excluding hydrogens is 428 g/mol. The van der Waals surface area contributed by atoms with Crippen LogP contribution in [0, 0.1) is 0 Å². The van der Waals surface area contributed by atoms with Crippen molar-refractivity contribution in [1.82, 2.24) is 0 Å². The van der Waals surface area contributed by atoms with E-state index in [1.165, 1.54) is 27.6 Å². The molecule has 0 N–H and O–H groups in total.